The van der Waals surface area contributed by atoms with Gasteiger partial charge < -0.3 is 0 Å². The molecule has 1 nitrogen and oxygen atoms in total. The van der Waals surface area contributed by atoms with Gasteiger partial charge in [-0.3, -0.25) is 4.79 Å². The Hall–Kier alpha value is -1.15. The van der Waals surface area contributed by atoms with E-state index in [0.717, 1.165) is 0 Å². The molecule has 0 fully saturated rings. The van der Waals surface area contributed by atoms with Gasteiger partial charge >= 0.3 is 0 Å². The van der Waals surface area contributed by atoms with E-state index >= 15 is 0 Å². The minimum atomic E-state index is -0.394. The van der Waals surface area contributed by atoms with E-state index < -0.39 is 5.82 Å². The van der Waals surface area contributed by atoms with Crippen molar-refractivity contribution in [3.8, 4) is 0 Å². The lowest BCUT2D eigenvalue weighted by atomic mass is 10.1. The highest BCUT2D eigenvalue weighted by molar-refractivity contribution is 6.31. The average Bonchev–Trinajstić information content (AvgIpc) is 2.10. The normalized spacial score (nSPS) is 9.86. The van der Waals surface area contributed by atoms with Gasteiger partial charge in [-0.2, -0.15) is 0 Å². The Balaban J connectivity index is 2.76. The van der Waals surface area contributed by atoms with Gasteiger partial charge in [0.2, 0.25) is 0 Å². The van der Waals surface area contributed by atoms with Crippen LogP contribution in [0.2, 0.25) is 5.02 Å². The van der Waals surface area contributed by atoms with Gasteiger partial charge in [0.05, 0.1) is 0 Å². The summed E-state index contributed by atoms with van der Waals surface area (Å²) in [5.41, 5.74) is 0.653. The number of halogens is 2. The predicted molar refractivity (Wildman–Crippen MR) is 54.9 cm³/mol. The zero-order chi connectivity index (χ0) is 10.6. The zero-order valence-electron chi connectivity index (χ0n) is 7.59. The van der Waals surface area contributed by atoms with Crippen molar-refractivity contribution in [2.24, 2.45) is 0 Å². The lowest BCUT2D eigenvalue weighted by Crippen LogP contribution is -2.01. The predicted octanol–water partition coefficient (Wildman–Crippen LogP) is 3.17. The van der Waals surface area contributed by atoms with Crippen LogP contribution in [-0.4, -0.2) is 5.78 Å². The molecule has 0 amide bonds. The SMILES string of the molecule is C=CCC(=O)Cc1ccc(F)cc1Cl. The second kappa shape index (κ2) is 4.91. The Morgan fingerprint density at radius 2 is 2.29 bits per heavy atom. The molecule has 0 unspecified atom stereocenters. The average molecular weight is 213 g/mol. The highest BCUT2D eigenvalue weighted by Crippen LogP contribution is 2.18. The van der Waals surface area contributed by atoms with Crippen LogP contribution in [0.1, 0.15) is 12.0 Å². The number of carbonyl (C=O) groups is 1. The summed E-state index contributed by atoms with van der Waals surface area (Å²) in [6.45, 7) is 3.47. The summed E-state index contributed by atoms with van der Waals surface area (Å²) >= 11 is 5.76. The molecule has 3 heteroatoms. The maximum Gasteiger partial charge on any atom is 0.141 e. The molecule has 0 aliphatic heterocycles. The molecular formula is C11H10ClFO. The van der Waals surface area contributed by atoms with Gasteiger partial charge in [-0.25, -0.2) is 4.39 Å². The van der Waals surface area contributed by atoms with Crippen molar-refractivity contribution in [1.82, 2.24) is 0 Å². The molecule has 0 aliphatic rings. The van der Waals surface area contributed by atoms with Gasteiger partial charge in [0.15, 0.2) is 0 Å². The molecule has 0 saturated heterocycles. The smallest absolute Gasteiger partial charge is 0.141 e. The van der Waals surface area contributed by atoms with Crippen LogP contribution in [0.15, 0.2) is 30.9 Å². The highest BCUT2D eigenvalue weighted by atomic mass is 35.5. The van der Waals surface area contributed by atoms with Crippen LogP contribution in [0.4, 0.5) is 4.39 Å². The largest absolute Gasteiger partial charge is 0.299 e. The van der Waals surface area contributed by atoms with Crippen LogP contribution in [-0.2, 0) is 11.2 Å². The fourth-order valence-electron chi connectivity index (χ4n) is 1.11. The molecule has 0 heterocycles. The summed E-state index contributed by atoms with van der Waals surface area (Å²) < 4.78 is 12.6. The van der Waals surface area contributed by atoms with Crippen molar-refractivity contribution in [1.29, 1.82) is 0 Å². The Kier molecular flexibility index (Phi) is 3.84. The second-order valence-corrected chi connectivity index (χ2v) is 3.35. The molecule has 0 saturated carbocycles. The maximum atomic E-state index is 12.6. The standard InChI is InChI=1S/C11H10ClFO/c1-2-3-10(14)6-8-4-5-9(13)7-11(8)12/h2,4-5,7H,1,3,6H2. The van der Waals surface area contributed by atoms with E-state index in [0.29, 0.717) is 17.0 Å². The third-order valence-corrected chi connectivity index (χ3v) is 2.13. The molecule has 0 radical (unpaired) electrons. The maximum absolute atomic E-state index is 12.6. The van der Waals surface area contributed by atoms with E-state index in [4.69, 9.17) is 11.6 Å². The molecule has 0 aromatic heterocycles. The van der Waals surface area contributed by atoms with Crippen molar-refractivity contribution < 1.29 is 9.18 Å². The molecule has 1 rings (SSSR count). The molecule has 1 aromatic rings. The van der Waals surface area contributed by atoms with E-state index in [2.05, 4.69) is 6.58 Å². The van der Waals surface area contributed by atoms with Crippen LogP contribution >= 0.6 is 11.6 Å². The van der Waals surface area contributed by atoms with Crippen molar-refractivity contribution in [3.05, 3.63) is 47.3 Å². The number of hydrogen-bond acceptors (Lipinski definition) is 1. The summed E-state index contributed by atoms with van der Waals surface area (Å²) in [6, 6.07) is 4.03. The molecule has 0 N–H and O–H groups in total. The van der Waals surface area contributed by atoms with E-state index in [1.54, 1.807) is 6.08 Å². The first-order valence-electron chi connectivity index (χ1n) is 4.20. The van der Waals surface area contributed by atoms with E-state index in [1.807, 2.05) is 0 Å². The lowest BCUT2D eigenvalue weighted by molar-refractivity contribution is -0.117. The topological polar surface area (TPSA) is 17.1 Å². The Bertz CT molecular complexity index is 360. The fourth-order valence-corrected chi connectivity index (χ4v) is 1.34. The second-order valence-electron chi connectivity index (χ2n) is 2.94. The quantitative estimate of drug-likeness (QED) is 0.701. The number of hydrogen-bond donors (Lipinski definition) is 0. The van der Waals surface area contributed by atoms with Crippen molar-refractivity contribution >= 4 is 17.4 Å². The van der Waals surface area contributed by atoms with E-state index in [1.165, 1.54) is 18.2 Å². The van der Waals surface area contributed by atoms with Crippen LogP contribution in [0.25, 0.3) is 0 Å². The summed E-state index contributed by atoms with van der Waals surface area (Å²) in [4.78, 5) is 11.2. The van der Waals surface area contributed by atoms with Gasteiger partial charge in [-0.15, -0.1) is 6.58 Å². The summed E-state index contributed by atoms with van der Waals surface area (Å²) in [7, 11) is 0. The van der Waals surface area contributed by atoms with E-state index in [-0.39, 0.29) is 12.2 Å². The van der Waals surface area contributed by atoms with Gasteiger partial charge in [0.1, 0.15) is 11.6 Å². The van der Waals surface area contributed by atoms with Gasteiger partial charge in [-0.05, 0) is 17.7 Å². The lowest BCUT2D eigenvalue weighted by Gasteiger charge is -2.02. The molecule has 0 spiro atoms. The Morgan fingerprint density at radius 3 is 2.86 bits per heavy atom. The number of rotatable bonds is 4. The monoisotopic (exact) mass is 212 g/mol. The van der Waals surface area contributed by atoms with Gasteiger partial charge in [0.25, 0.3) is 0 Å². The number of Topliss-reactive ketones (excluding diaryl/α,β-unsaturated/α-hetero) is 1. The third kappa shape index (κ3) is 2.96. The van der Waals surface area contributed by atoms with Gasteiger partial charge in [-0.1, -0.05) is 23.7 Å². The zero-order valence-corrected chi connectivity index (χ0v) is 8.35. The molecule has 74 valence electrons. The first-order valence-corrected chi connectivity index (χ1v) is 4.58. The first kappa shape index (κ1) is 10.9. The highest BCUT2D eigenvalue weighted by Gasteiger charge is 2.06. The minimum Gasteiger partial charge on any atom is -0.299 e. The molecule has 0 atom stereocenters. The van der Waals surface area contributed by atoms with Crippen molar-refractivity contribution in [2.75, 3.05) is 0 Å². The third-order valence-electron chi connectivity index (χ3n) is 1.77. The molecule has 0 aliphatic carbocycles. The summed E-state index contributed by atoms with van der Waals surface area (Å²) in [5, 5.41) is 0.294. The van der Waals surface area contributed by atoms with Crippen LogP contribution < -0.4 is 0 Å². The number of allylic oxidation sites excluding steroid dienone is 1. The summed E-state index contributed by atoms with van der Waals surface area (Å²) in [5.74, 6) is -0.372. The van der Waals surface area contributed by atoms with Crippen LogP contribution in [0, 0.1) is 5.82 Å². The van der Waals surface area contributed by atoms with Crippen molar-refractivity contribution in [2.45, 2.75) is 12.8 Å². The van der Waals surface area contributed by atoms with Gasteiger partial charge in [0, 0.05) is 17.9 Å². The minimum absolute atomic E-state index is 0.0218. The number of benzene rings is 1. The van der Waals surface area contributed by atoms with E-state index in [9.17, 15) is 9.18 Å². The number of carbonyl (C=O) groups excluding carboxylic acids is 1. The summed E-state index contributed by atoms with van der Waals surface area (Å²) in [6.07, 6.45) is 2.08. The Morgan fingerprint density at radius 1 is 1.57 bits per heavy atom. The van der Waals surface area contributed by atoms with Crippen LogP contribution in [0.5, 0.6) is 0 Å². The van der Waals surface area contributed by atoms with Crippen LogP contribution in [0.3, 0.4) is 0 Å². The first-order chi connectivity index (χ1) is 6.63. The van der Waals surface area contributed by atoms with Crippen molar-refractivity contribution in [3.63, 3.8) is 0 Å². The molecule has 0 bridgehead atoms. The molecular weight excluding hydrogens is 203 g/mol. The molecule has 1 aromatic carbocycles. The number of ketones is 1. The molecule has 14 heavy (non-hydrogen) atoms. The fraction of sp³-hybridized carbons (Fsp3) is 0.182. The Labute approximate surface area is 87.2 Å².